The molecule has 1 heterocycles. The topological polar surface area (TPSA) is 55.1 Å². The molecular formula is C20H11Cl3N2O2. The van der Waals surface area contributed by atoms with E-state index < -0.39 is 0 Å². The highest BCUT2D eigenvalue weighted by molar-refractivity contribution is 6.37. The van der Waals surface area contributed by atoms with Crippen LogP contribution in [-0.4, -0.2) is 10.9 Å². The molecule has 3 aromatic carbocycles. The molecule has 0 saturated carbocycles. The van der Waals surface area contributed by atoms with Crippen LogP contribution in [0.2, 0.25) is 15.1 Å². The van der Waals surface area contributed by atoms with Crippen molar-refractivity contribution in [3.8, 4) is 11.5 Å². The van der Waals surface area contributed by atoms with Gasteiger partial charge >= 0.3 is 0 Å². The molecule has 0 aliphatic rings. The molecule has 0 fully saturated rings. The van der Waals surface area contributed by atoms with E-state index in [4.69, 9.17) is 39.2 Å². The van der Waals surface area contributed by atoms with Gasteiger partial charge in [-0.2, -0.15) is 0 Å². The van der Waals surface area contributed by atoms with Crippen molar-refractivity contribution in [2.45, 2.75) is 0 Å². The van der Waals surface area contributed by atoms with Gasteiger partial charge in [0.25, 0.3) is 5.91 Å². The number of nitrogens with one attached hydrogen (secondary N) is 1. The third kappa shape index (κ3) is 3.78. The Balaban J connectivity index is 1.61. The van der Waals surface area contributed by atoms with E-state index in [1.165, 1.54) is 6.07 Å². The van der Waals surface area contributed by atoms with E-state index in [2.05, 4.69) is 10.3 Å². The van der Waals surface area contributed by atoms with Gasteiger partial charge in [0.05, 0.1) is 10.6 Å². The molecule has 27 heavy (non-hydrogen) atoms. The summed E-state index contributed by atoms with van der Waals surface area (Å²) in [7, 11) is 0. The van der Waals surface area contributed by atoms with Gasteiger partial charge in [0.2, 0.25) is 5.89 Å². The van der Waals surface area contributed by atoms with Crippen LogP contribution in [0.4, 0.5) is 5.69 Å². The number of benzene rings is 3. The summed E-state index contributed by atoms with van der Waals surface area (Å²) >= 11 is 17.9. The number of amides is 1. The Kier molecular flexibility index (Phi) is 4.79. The van der Waals surface area contributed by atoms with E-state index in [1.807, 2.05) is 12.1 Å². The normalized spacial score (nSPS) is 10.9. The fraction of sp³-hybridized carbons (Fsp3) is 0. The fourth-order valence-electron chi connectivity index (χ4n) is 2.59. The second kappa shape index (κ2) is 7.24. The lowest BCUT2D eigenvalue weighted by atomic mass is 10.2. The zero-order chi connectivity index (χ0) is 19.0. The van der Waals surface area contributed by atoms with E-state index in [0.29, 0.717) is 38.3 Å². The molecule has 4 rings (SSSR count). The summed E-state index contributed by atoms with van der Waals surface area (Å²) in [5.74, 6) is 0.142. The van der Waals surface area contributed by atoms with Crippen molar-refractivity contribution < 1.29 is 9.21 Å². The van der Waals surface area contributed by atoms with Gasteiger partial charge in [-0.3, -0.25) is 4.79 Å². The van der Waals surface area contributed by atoms with Crippen LogP contribution in [-0.2, 0) is 0 Å². The summed E-state index contributed by atoms with van der Waals surface area (Å²) in [6.45, 7) is 0. The first-order valence-electron chi connectivity index (χ1n) is 7.92. The number of anilines is 1. The average molecular weight is 418 g/mol. The lowest BCUT2D eigenvalue weighted by Crippen LogP contribution is -2.12. The molecule has 0 unspecified atom stereocenters. The van der Waals surface area contributed by atoms with E-state index in [1.54, 1.807) is 42.5 Å². The van der Waals surface area contributed by atoms with Crippen LogP contribution in [0, 0.1) is 0 Å². The van der Waals surface area contributed by atoms with Gasteiger partial charge in [0.1, 0.15) is 5.52 Å². The Morgan fingerprint density at radius 1 is 0.889 bits per heavy atom. The number of rotatable bonds is 3. The largest absolute Gasteiger partial charge is 0.436 e. The summed E-state index contributed by atoms with van der Waals surface area (Å²) < 4.78 is 5.77. The molecular weight excluding hydrogens is 407 g/mol. The Morgan fingerprint density at radius 3 is 2.37 bits per heavy atom. The van der Waals surface area contributed by atoms with Crippen LogP contribution < -0.4 is 5.32 Å². The Morgan fingerprint density at radius 2 is 1.63 bits per heavy atom. The van der Waals surface area contributed by atoms with Gasteiger partial charge in [-0.25, -0.2) is 4.98 Å². The number of nitrogens with zero attached hydrogens (tertiary/aromatic N) is 1. The Bertz CT molecular complexity index is 1150. The minimum Gasteiger partial charge on any atom is -0.436 e. The number of carbonyl (C=O) groups excluding carboxylic acids is 1. The minimum atomic E-state index is -0.336. The summed E-state index contributed by atoms with van der Waals surface area (Å²) in [6, 6.07) is 17.1. The molecule has 0 aliphatic heterocycles. The van der Waals surface area contributed by atoms with Gasteiger partial charge in [0, 0.05) is 21.3 Å². The van der Waals surface area contributed by atoms with E-state index in [0.717, 1.165) is 5.56 Å². The number of carbonyl (C=O) groups is 1. The highest BCUT2D eigenvalue weighted by Gasteiger charge is 2.13. The van der Waals surface area contributed by atoms with Crippen molar-refractivity contribution in [2.24, 2.45) is 0 Å². The molecule has 0 atom stereocenters. The molecule has 1 N–H and O–H groups in total. The van der Waals surface area contributed by atoms with Gasteiger partial charge in [-0.1, -0.05) is 34.8 Å². The van der Waals surface area contributed by atoms with Crippen LogP contribution in [0.1, 0.15) is 10.4 Å². The minimum absolute atomic E-state index is 0.285. The fourth-order valence-corrected chi connectivity index (χ4v) is 3.21. The monoisotopic (exact) mass is 416 g/mol. The van der Waals surface area contributed by atoms with Crippen LogP contribution in [0.3, 0.4) is 0 Å². The first-order valence-corrected chi connectivity index (χ1v) is 9.06. The predicted molar refractivity (Wildman–Crippen MR) is 109 cm³/mol. The van der Waals surface area contributed by atoms with Gasteiger partial charge in [-0.15, -0.1) is 0 Å². The van der Waals surface area contributed by atoms with Crippen molar-refractivity contribution in [3.63, 3.8) is 0 Å². The molecule has 0 spiro atoms. The third-order valence-electron chi connectivity index (χ3n) is 3.91. The molecule has 7 heteroatoms. The van der Waals surface area contributed by atoms with Crippen molar-refractivity contribution in [1.29, 1.82) is 0 Å². The number of halogens is 3. The number of oxazole rings is 1. The molecule has 1 aromatic heterocycles. The highest BCUT2D eigenvalue weighted by atomic mass is 35.5. The standard InChI is InChI=1S/C20H11Cl3N2O2/c21-12-3-1-11(2-4-12)20-25-17-10-14(6-8-18(17)27-20)24-19(26)15-7-5-13(22)9-16(15)23/h1-10H,(H,24,26). The van der Waals surface area contributed by atoms with E-state index in [-0.39, 0.29) is 10.9 Å². The van der Waals surface area contributed by atoms with Crippen LogP contribution >= 0.6 is 34.8 Å². The lowest BCUT2D eigenvalue weighted by molar-refractivity contribution is 0.102. The van der Waals surface area contributed by atoms with E-state index in [9.17, 15) is 4.79 Å². The quantitative estimate of drug-likeness (QED) is 0.403. The molecule has 0 bridgehead atoms. The summed E-state index contributed by atoms with van der Waals surface area (Å²) in [5.41, 5.74) is 2.97. The molecule has 0 saturated heterocycles. The first kappa shape index (κ1) is 17.9. The van der Waals surface area contributed by atoms with Crippen LogP contribution in [0.5, 0.6) is 0 Å². The number of fused-ring (bicyclic) bond motifs is 1. The SMILES string of the molecule is O=C(Nc1ccc2oc(-c3ccc(Cl)cc3)nc2c1)c1ccc(Cl)cc1Cl. The smallest absolute Gasteiger partial charge is 0.257 e. The molecule has 4 aromatic rings. The number of hydrogen-bond acceptors (Lipinski definition) is 3. The molecule has 1 amide bonds. The van der Waals surface area contributed by atoms with Crippen molar-refractivity contribution in [1.82, 2.24) is 4.98 Å². The van der Waals surface area contributed by atoms with Crippen molar-refractivity contribution >= 4 is 57.5 Å². The molecule has 134 valence electrons. The molecule has 0 aliphatic carbocycles. The zero-order valence-corrected chi connectivity index (χ0v) is 15.9. The summed E-state index contributed by atoms with van der Waals surface area (Å²) in [6.07, 6.45) is 0. The van der Waals surface area contributed by atoms with Gasteiger partial charge in [-0.05, 0) is 60.7 Å². The maximum absolute atomic E-state index is 12.4. The molecule has 0 radical (unpaired) electrons. The first-order chi connectivity index (χ1) is 13.0. The second-order valence-corrected chi connectivity index (χ2v) is 7.07. The Hall–Kier alpha value is -2.53. The molecule has 4 nitrogen and oxygen atoms in total. The van der Waals surface area contributed by atoms with E-state index >= 15 is 0 Å². The number of aromatic nitrogens is 1. The summed E-state index contributed by atoms with van der Waals surface area (Å²) in [5, 5.41) is 4.19. The van der Waals surface area contributed by atoms with Gasteiger partial charge < -0.3 is 9.73 Å². The maximum Gasteiger partial charge on any atom is 0.257 e. The maximum atomic E-state index is 12.4. The lowest BCUT2D eigenvalue weighted by Gasteiger charge is -2.06. The van der Waals surface area contributed by atoms with Crippen LogP contribution in [0.15, 0.2) is 65.1 Å². The zero-order valence-electron chi connectivity index (χ0n) is 13.7. The number of hydrogen-bond donors (Lipinski definition) is 1. The average Bonchev–Trinajstić information content (AvgIpc) is 3.05. The van der Waals surface area contributed by atoms with Crippen molar-refractivity contribution in [3.05, 3.63) is 81.3 Å². The second-order valence-electron chi connectivity index (χ2n) is 5.79. The third-order valence-corrected chi connectivity index (χ3v) is 4.71. The highest BCUT2D eigenvalue weighted by Crippen LogP contribution is 2.28. The van der Waals surface area contributed by atoms with Crippen LogP contribution in [0.25, 0.3) is 22.6 Å². The van der Waals surface area contributed by atoms with Gasteiger partial charge in [0.15, 0.2) is 5.58 Å². The van der Waals surface area contributed by atoms with Crippen molar-refractivity contribution in [2.75, 3.05) is 5.32 Å². The predicted octanol–water partition coefficient (Wildman–Crippen LogP) is 6.71. The summed E-state index contributed by atoms with van der Waals surface area (Å²) in [4.78, 5) is 16.9. The Labute approximate surface area is 169 Å².